The quantitative estimate of drug-likeness (QED) is 0.122. The van der Waals surface area contributed by atoms with Gasteiger partial charge in [0.2, 0.25) is 0 Å². The summed E-state index contributed by atoms with van der Waals surface area (Å²) in [4.78, 5) is 54.7. The molecule has 4 rings (SSSR count). The van der Waals surface area contributed by atoms with Gasteiger partial charge in [0.15, 0.2) is 5.78 Å². The zero-order chi connectivity index (χ0) is 27.2. The van der Waals surface area contributed by atoms with Crippen LogP contribution in [-0.2, 0) is 0 Å². The summed E-state index contributed by atoms with van der Waals surface area (Å²) in [6.07, 6.45) is 0.0389. The summed E-state index contributed by atoms with van der Waals surface area (Å²) in [6, 6.07) is 10.9. The van der Waals surface area contributed by atoms with Crippen molar-refractivity contribution in [2.24, 2.45) is 0 Å². The van der Waals surface area contributed by atoms with Crippen molar-refractivity contribution in [2.75, 3.05) is 0 Å². The number of amides is 3. The Hall–Kier alpha value is -2.32. The molecular formula is C25H14Cl6N2O4. The summed E-state index contributed by atoms with van der Waals surface area (Å²) in [5.74, 6) is -3.38. The molecule has 0 fully saturated rings. The zero-order valence-corrected chi connectivity index (χ0v) is 23.2. The maximum atomic E-state index is 13.9. The van der Waals surface area contributed by atoms with E-state index in [1.54, 1.807) is 37.3 Å². The highest BCUT2D eigenvalue weighted by atomic mass is 35.5. The molecule has 1 heterocycles. The summed E-state index contributed by atoms with van der Waals surface area (Å²) in [5, 5.41) is 0.480. The maximum absolute atomic E-state index is 13.9. The summed E-state index contributed by atoms with van der Waals surface area (Å²) < 4.78 is 0. The van der Waals surface area contributed by atoms with E-state index in [1.165, 1.54) is 18.2 Å². The molecule has 3 amide bonds. The lowest BCUT2D eigenvalue weighted by Gasteiger charge is -2.35. The molecule has 190 valence electrons. The first-order valence-corrected chi connectivity index (χ1v) is 12.9. The number of fused-ring (bicyclic) bond motifs is 1. The molecule has 0 bridgehead atoms. The van der Waals surface area contributed by atoms with Crippen LogP contribution in [0.2, 0.25) is 30.1 Å². The Morgan fingerprint density at radius 2 is 1.30 bits per heavy atom. The molecular weight excluding hydrogens is 605 g/mol. The first kappa shape index (κ1) is 27.7. The van der Waals surface area contributed by atoms with E-state index < -0.39 is 29.5 Å². The molecule has 0 unspecified atom stereocenters. The largest absolute Gasteiger partial charge is 0.292 e. The van der Waals surface area contributed by atoms with Gasteiger partial charge in [-0.1, -0.05) is 107 Å². The van der Waals surface area contributed by atoms with E-state index in [4.69, 9.17) is 69.6 Å². The number of halogens is 6. The van der Waals surface area contributed by atoms with Gasteiger partial charge in [-0.05, 0) is 24.6 Å². The molecule has 0 saturated heterocycles. The van der Waals surface area contributed by atoms with Crippen molar-refractivity contribution in [1.82, 2.24) is 10.0 Å². The van der Waals surface area contributed by atoms with Crippen molar-refractivity contribution in [1.29, 1.82) is 0 Å². The smallest absolute Gasteiger partial charge is 0.282 e. The summed E-state index contributed by atoms with van der Waals surface area (Å²) in [5.41, 5.74) is -0.432. The number of hydrogen-bond donors (Lipinski definition) is 0. The van der Waals surface area contributed by atoms with Crippen molar-refractivity contribution < 1.29 is 19.2 Å². The van der Waals surface area contributed by atoms with Gasteiger partial charge in [0.05, 0.1) is 41.3 Å². The maximum Gasteiger partial charge on any atom is 0.282 e. The molecule has 12 heteroatoms. The minimum atomic E-state index is -1.28. The van der Waals surface area contributed by atoms with Crippen molar-refractivity contribution in [3.05, 3.63) is 101 Å². The van der Waals surface area contributed by atoms with E-state index >= 15 is 0 Å². The predicted molar refractivity (Wildman–Crippen MR) is 144 cm³/mol. The van der Waals surface area contributed by atoms with Gasteiger partial charge in [-0.25, -0.2) is 5.01 Å². The van der Waals surface area contributed by atoms with Crippen LogP contribution in [0, 0.1) is 0 Å². The number of carbonyl (C=O) groups is 4. The normalized spacial score (nSPS) is 13.5. The molecule has 37 heavy (non-hydrogen) atoms. The second-order valence-corrected chi connectivity index (χ2v) is 10.2. The third-order valence-corrected chi connectivity index (χ3v) is 8.25. The molecule has 1 aliphatic heterocycles. The standard InChI is InChI=1S/C25H14Cl6N2O4/c1-2-15(22(34)11-6-4-3-5-7-11)32(23(35)12-8-9-13(26)14(27)10-12)33-24(36)16-17(25(33)37)19(29)21(31)20(30)18(16)28/h3-10,15H,2H2,1H3/t15-/m0/s1. The van der Waals surface area contributed by atoms with Gasteiger partial charge in [0, 0.05) is 11.1 Å². The number of carbonyl (C=O) groups excluding carboxylic acids is 4. The Labute approximate surface area is 241 Å². The minimum Gasteiger partial charge on any atom is -0.292 e. The third-order valence-electron chi connectivity index (χ3n) is 5.71. The zero-order valence-electron chi connectivity index (χ0n) is 18.7. The Kier molecular flexibility index (Phi) is 8.10. The summed E-state index contributed by atoms with van der Waals surface area (Å²) in [7, 11) is 0. The van der Waals surface area contributed by atoms with Crippen LogP contribution < -0.4 is 0 Å². The monoisotopic (exact) mass is 616 g/mol. The molecule has 0 aromatic heterocycles. The summed E-state index contributed by atoms with van der Waals surface area (Å²) in [6.45, 7) is 1.63. The Morgan fingerprint density at radius 3 is 1.78 bits per heavy atom. The second-order valence-electron chi connectivity index (χ2n) is 7.86. The van der Waals surface area contributed by atoms with Crippen LogP contribution in [0.1, 0.15) is 54.8 Å². The number of rotatable bonds is 6. The van der Waals surface area contributed by atoms with Crippen molar-refractivity contribution in [2.45, 2.75) is 19.4 Å². The number of nitrogens with zero attached hydrogens (tertiary/aromatic N) is 2. The number of Topliss-reactive ketones (excluding diaryl/α,β-unsaturated/α-hetero) is 1. The van der Waals surface area contributed by atoms with Crippen molar-refractivity contribution >= 4 is 93.1 Å². The van der Waals surface area contributed by atoms with Crippen LogP contribution in [0.25, 0.3) is 0 Å². The fourth-order valence-corrected chi connectivity index (χ4v) is 5.24. The topological polar surface area (TPSA) is 74.8 Å². The van der Waals surface area contributed by atoms with Crippen LogP contribution in [0.15, 0.2) is 48.5 Å². The first-order valence-electron chi connectivity index (χ1n) is 10.6. The van der Waals surface area contributed by atoms with Gasteiger partial charge in [0.1, 0.15) is 6.04 Å². The molecule has 3 aromatic rings. The molecule has 0 saturated carbocycles. The van der Waals surface area contributed by atoms with Crippen LogP contribution in [0.3, 0.4) is 0 Å². The van der Waals surface area contributed by atoms with Gasteiger partial charge in [-0.3, -0.25) is 19.2 Å². The summed E-state index contributed by atoms with van der Waals surface area (Å²) >= 11 is 36.9. The van der Waals surface area contributed by atoms with Crippen molar-refractivity contribution in [3.8, 4) is 0 Å². The molecule has 0 spiro atoms. The molecule has 3 aromatic carbocycles. The van der Waals surface area contributed by atoms with E-state index in [0.29, 0.717) is 5.01 Å². The average Bonchev–Trinajstić information content (AvgIpc) is 3.15. The van der Waals surface area contributed by atoms with Gasteiger partial charge in [-0.2, -0.15) is 5.01 Å². The van der Waals surface area contributed by atoms with Crippen molar-refractivity contribution in [3.63, 3.8) is 0 Å². The first-order chi connectivity index (χ1) is 17.5. The molecule has 1 aliphatic rings. The van der Waals surface area contributed by atoms with Gasteiger partial charge in [-0.15, -0.1) is 0 Å². The third kappa shape index (κ3) is 4.71. The number of ketones is 1. The molecule has 6 nitrogen and oxygen atoms in total. The van der Waals surface area contributed by atoms with Gasteiger partial charge < -0.3 is 0 Å². The van der Waals surface area contributed by atoms with Crippen LogP contribution in [-0.4, -0.2) is 39.6 Å². The fourth-order valence-electron chi connectivity index (χ4n) is 3.93. The van der Waals surface area contributed by atoms with Gasteiger partial charge in [0.25, 0.3) is 17.7 Å². The molecule has 1 atom stereocenters. The predicted octanol–water partition coefficient (Wildman–Crippen LogP) is 7.92. The van der Waals surface area contributed by atoms with Crippen LogP contribution in [0.4, 0.5) is 0 Å². The Balaban J connectivity index is 1.92. The lowest BCUT2D eigenvalue weighted by molar-refractivity contribution is -0.00970. The lowest BCUT2D eigenvalue weighted by Crippen LogP contribution is -2.57. The van der Waals surface area contributed by atoms with Crippen LogP contribution >= 0.6 is 69.6 Å². The van der Waals surface area contributed by atoms with E-state index in [-0.39, 0.29) is 58.8 Å². The average molecular weight is 619 g/mol. The Bertz CT molecular complexity index is 1430. The van der Waals surface area contributed by atoms with E-state index in [0.717, 1.165) is 5.01 Å². The second kappa shape index (κ2) is 10.8. The van der Waals surface area contributed by atoms with E-state index in [9.17, 15) is 19.2 Å². The van der Waals surface area contributed by atoms with E-state index in [1.807, 2.05) is 0 Å². The number of hydrazine groups is 1. The highest BCUT2D eigenvalue weighted by molar-refractivity contribution is 6.55. The molecule has 0 radical (unpaired) electrons. The number of benzene rings is 3. The number of hydrogen-bond acceptors (Lipinski definition) is 4. The molecule has 0 aliphatic carbocycles. The minimum absolute atomic E-state index is 0.0291. The SMILES string of the molecule is CC[C@@H](C(=O)c1ccccc1)N(C(=O)c1ccc(Cl)c(Cl)c1)N1C(=O)c2c(Cl)c(Cl)c(Cl)c(Cl)c2C1=O. The lowest BCUT2D eigenvalue weighted by atomic mass is 10.0. The highest BCUT2D eigenvalue weighted by Crippen LogP contribution is 2.45. The van der Waals surface area contributed by atoms with Crippen LogP contribution in [0.5, 0.6) is 0 Å². The molecule has 0 N–H and O–H groups in total. The Morgan fingerprint density at radius 1 is 0.757 bits per heavy atom. The fraction of sp³-hybridized carbons (Fsp3) is 0.120. The van der Waals surface area contributed by atoms with Gasteiger partial charge >= 0.3 is 0 Å². The van der Waals surface area contributed by atoms with E-state index in [2.05, 4.69) is 0 Å². The number of imide groups is 1. The highest BCUT2D eigenvalue weighted by Gasteiger charge is 2.49.